The van der Waals surface area contributed by atoms with Crippen molar-refractivity contribution >= 4 is 43.4 Å². The van der Waals surface area contributed by atoms with Crippen LogP contribution in [-0.2, 0) is 5.41 Å². The van der Waals surface area contributed by atoms with Gasteiger partial charge in [0, 0.05) is 21.9 Å². The van der Waals surface area contributed by atoms with Crippen LogP contribution in [0.4, 0.5) is 0 Å². The Morgan fingerprint density at radius 3 is 1.23 bits per heavy atom. The summed E-state index contributed by atoms with van der Waals surface area (Å²) in [6.45, 7) is 0. The average Bonchev–Trinajstić information content (AvgIpc) is 3.68. The van der Waals surface area contributed by atoms with Crippen molar-refractivity contribution in [1.82, 2.24) is 9.97 Å². The molecule has 1 aliphatic rings. The van der Waals surface area contributed by atoms with E-state index in [0.717, 1.165) is 44.3 Å². The van der Waals surface area contributed by atoms with Crippen LogP contribution in [0.1, 0.15) is 22.3 Å². The first-order chi connectivity index (χ1) is 32.2. The van der Waals surface area contributed by atoms with Crippen LogP contribution in [-0.4, -0.2) is 9.97 Å². The number of rotatable bonds is 6. The van der Waals surface area contributed by atoms with Gasteiger partial charge in [0.2, 0.25) is 0 Å². The van der Waals surface area contributed by atoms with E-state index in [-0.39, 0.29) is 0 Å². The van der Waals surface area contributed by atoms with Gasteiger partial charge in [-0.15, -0.1) is 0 Å². The summed E-state index contributed by atoms with van der Waals surface area (Å²) in [4.78, 5) is 10.4. The Balaban J connectivity index is 0.965. The number of fused-ring (bicyclic) bond motifs is 8. The summed E-state index contributed by atoms with van der Waals surface area (Å²) < 4.78 is 0. The highest BCUT2D eigenvalue weighted by molar-refractivity contribution is 6.21. The first kappa shape index (κ1) is 37.1. The molecule has 2 nitrogen and oxygen atoms in total. The minimum Gasteiger partial charge on any atom is -0.245 e. The van der Waals surface area contributed by atoms with Crippen LogP contribution < -0.4 is 0 Å². The standard InChI is InChI=1S/C63H40N2/c1-4-16-41(17-5-1)57-38-35-44-32-33-45-36-39-58(65-62(45)61(44)64-57)42-28-30-43(31-29-42)59-51-23-10-12-25-53(51)60(54-26-13-11-24-52(54)59)46-34-37-50-49-22-14-15-27-55(49)63(56(50)40-46,47-18-6-2-7-19-47)48-20-8-3-9-21-48/h1-40H. The van der Waals surface area contributed by atoms with Crippen molar-refractivity contribution in [1.29, 1.82) is 0 Å². The van der Waals surface area contributed by atoms with E-state index in [1.54, 1.807) is 0 Å². The number of nitrogens with zero attached hydrogens (tertiary/aromatic N) is 2. The first-order valence-corrected chi connectivity index (χ1v) is 22.4. The summed E-state index contributed by atoms with van der Waals surface area (Å²) in [7, 11) is 0. The average molecular weight is 825 g/mol. The van der Waals surface area contributed by atoms with Crippen LogP contribution >= 0.6 is 0 Å². The van der Waals surface area contributed by atoms with Gasteiger partial charge in [-0.2, -0.15) is 0 Å². The molecule has 1 aliphatic carbocycles. The Kier molecular flexibility index (Phi) is 8.47. The second-order valence-corrected chi connectivity index (χ2v) is 17.2. The van der Waals surface area contributed by atoms with Crippen LogP contribution in [0.5, 0.6) is 0 Å². The Labute approximate surface area is 377 Å². The third-order valence-electron chi connectivity index (χ3n) is 13.7. The molecule has 2 aromatic heterocycles. The number of pyridine rings is 2. The van der Waals surface area contributed by atoms with Gasteiger partial charge in [0.05, 0.1) is 27.8 Å². The third-order valence-corrected chi connectivity index (χ3v) is 13.7. The summed E-state index contributed by atoms with van der Waals surface area (Å²) >= 11 is 0. The second kappa shape index (κ2) is 14.8. The Morgan fingerprint density at radius 2 is 0.677 bits per heavy atom. The molecule has 0 atom stereocenters. The molecule has 65 heavy (non-hydrogen) atoms. The molecule has 0 saturated heterocycles. The fourth-order valence-corrected chi connectivity index (χ4v) is 10.9. The van der Waals surface area contributed by atoms with E-state index in [0.29, 0.717) is 0 Å². The molecule has 0 unspecified atom stereocenters. The maximum atomic E-state index is 5.28. The van der Waals surface area contributed by atoms with E-state index in [1.807, 2.05) is 6.07 Å². The highest BCUT2D eigenvalue weighted by Gasteiger charge is 2.46. The van der Waals surface area contributed by atoms with Crippen molar-refractivity contribution in [3.63, 3.8) is 0 Å². The lowest BCUT2D eigenvalue weighted by Crippen LogP contribution is -2.28. The van der Waals surface area contributed by atoms with Gasteiger partial charge in [-0.05, 0) is 95.4 Å². The highest BCUT2D eigenvalue weighted by atomic mass is 14.8. The van der Waals surface area contributed by atoms with Gasteiger partial charge in [-0.25, -0.2) is 9.97 Å². The summed E-state index contributed by atoms with van der Waals surface area (Å²) in [6.07, 6.45) is 0. The van der Waals surface area contributed by atoms with Crippen LogP contribution in [0.2, 0.25) is 0 Å². The second-order valence-electron chi connectivity index (χ2n) is 17.2. The highest BCUT2D eigenvalue weighted by Crippen LogP contribution is 2.57. The van der Waals surface area contributed by atoms with Crippen molar-refractivity contribution < 1.29 is 0 Å². The van der Waals surface area contributed by atoms with E-state index in [9.17, 15) is 0 Å². The van der Waals surface area contributed by atoms with Crippen molar-refractivity contribution in [3.8, 4) is 55.9 Å². The van der Waals surface area contributed by atoms with Crippen LogP contribution in [0.3, 0.4) is 0 Å². The van der Waals surface area contributed by atoms with E-state index in [2.05, 4.69) is 237 Å². The van der Waals surface area contributed by atoms with E-state index >= 15 is 0 Å². The molecule has 0 aliphatic heterocycles. The van der Waals surface area contributed by atoms with Gasteiger partial charge in [0.15, 0.2) is 0 Å². The maximum Gasteiger partial charge on any atom is 0.0972 e. The number of aromatic nitrogens is 2. The molecule has 0 bridgehead atoms. The predicted molar refractivity (Wildman–Crippen MR) is 271 cm³/mol. The maximum absolute atomic E-state index is 5.28. The van der Waals surface area contributed by atoms with Crippen LogP contribution in [0.15, 0.2) is 243 Å². The third kappa shape index (κ3) is 5.74. The Hall–Kier alpha value is -8.46. The van der Waals surface area contributed by atoms with Crippen LogP contribution in [0.25, 0.3) is 99.2 Å². The summed E-state index contributed by atoms with van der Waals surface area (Å²) in [5.41, 5.74) is 18.0. The molecule has 0 N–H and O–H groups in total. The van der Waals surface area contributed by atoms with Gasteiger partial charge in [-0.1, -0.05) is 224 Å². The van der Waals surface area contributed by atoms with E-state index in [1.165, 1.54) is 77.2 Å². The Morgan fingerprint density at radius 1 is 0.277 bits per heavy atom. The largest absolute Gasteiger partial charge is 0.245 e. The lowest BCUT2D eigenvalue weighted by atomic mass is 9.67. The molecule has 2 heteroatoms. The SMILES string of the molecule is c1ccc(-c2ccc3ccc4ccc(-c5ccc(-c6c7ccccc7c(-c7ccc8c(c7)C(c7ccccc7)(c7ccccc7)c7ccccc7-8)c7ccccc67)cc5)nc4c3n2)cc1. The van der Waals surface area contributed by atoms with Crippen molar-refractivity contribution in [2.45, 2.75) is 5.41 Å². The summed E-state index contributed by atoms with van der Waals surface area (Å²) in [5.74, 6) is 0. The fourth-order valence-electron chi connectivity index (χ4n) is 10.9. The predicted octanol–water partition coefficient (Wildman–Crippen LogP) is 16.1. The number of benzene rings is 10. The molecule has 10 aromatic carbocycles. The molecule has 0 spiro atoms. The molecular formula is C63H40N2. The lowest BCUT2D eigenvalue weighted by Gasteiger charge is -2.34. The molecule has 0 fully saturated rings. The van der Waals surface area contributed by atoms with Crippen molar-refractivity contribution in [2.75, 3.05) is 0 Å². The molecule has 0 saturated carbocycles. The zero-order chi connectivity index (χ0) is 42.9. The quantitative estimate of drug-likeness (QED) is 0.123. The summed E-state index contributed by atoms with van der Waals surface area (Å²) in [5, 5.41) is 7.08. The molecule has 2 heterocycles. The molecule has 0 radical (unpaired) electrons. The lowest BCUT2D eigenvalue weighted by molar-refractivity contribution is 0.769. The molecular weight excluding hydrogens is 785 g/mol. The monoisotopic (exact) mass is 824 g/mol. The molecule has 302 valence electrons. The van der Waals surface area contributed by atoms with Gasteiger partial charge < -0.3 is 0 Å². The number of hydrogen-bond acceptors (Lipinski definition) is 2. The van der Waals surface area contributed by atoms with Crippen molar-refractivity contribution in [2.24, 2.45) is 0 Å². The molecule has 0 amide bonds. The molecule has 13 rings (SSSR count). The van der Waals surface area contributed by atoms with Gasteiger partial charge in [0.1, 0.15) is 0 Å². The fraction of sp³-hybridized carbons (Fsp3) is 0.0159. The van der Waals surface area contributed by atoms with Crippen molar-refractivity contribution in [3.05, 3.63) is 265 Å². The van der Waals surface area contributed by atoms with E-state index in [4.69, 9.17) is 9.97 Å². The van der Waals surface area contributed by atoms with E-state index < -0.39 is 5.41 Å². The zero-order valence-corrected chi connectivity index (χ0v) is 35.5. The minimum atomic E-state index is -0.480. The zero-order valence-electron chi connectivity index (χ0n) is 35.5. The smallest absolute Gasteiger partial charge is 0.0972 e. The minimum absolute atomic E-state index is 0.480. The molecule has 12 aromatic rings. The summed E-state index contributed by atoms with van der Waals surface area (Å²) in [6, 6.07) is 88.4. The Bertz CT molecular complexity index is 3700. The number of hydrogen-bond donors (Lipinski definition) is 0. The van der Waals surface area contributed by atoms with Gasteiger partial charge in [-0.3, -0.25) is 0 Å². The van der Waals surface area contributed by atoms with Gasteiger partial charge in [0.25, 0.3) is 0 Å². The van der Waals surface area contributed by atoms with Crippen LogP contribution in [0, 0.1) is 0 Å². The first-order valence-electron chi connectivity index (χ1n) is 22.4. The topological polar surface area (TPSA) is 25.8 Å². The normalized spacial score (nSPS) is 12.7. The van der Waals surface area contributed by atoms with Gasteiger partial charge >= 0.3 is 0 Å².